The maximum atomic E-state index is 12.7. The molecule has 0 aromatic carbocycles. The number of carbonyl (C=O) groups is 1. The number of anilines is 1. The zero-order valence-corrected chi connectivity index (χ0v) is 12.1. The van der Waals surface area contributed by atoms with E-state index in [0.29, 0.717) is 12.3 Å². The molecular formula is C13H13F6N3O2. The normalized spacial score (nSPS) is 19.9. The lowest BCUT2D eigenvalue weighted by atomic mass is 10.1. The van der Waals surface area contributed by atoms with Crippen LogP contribution >= 0.6 is 0 Å². The lowest BCUT2D eigenvalue weighted by molar-refractivity contribution is -0.218. The summed E-state index contributed by atoms with van der Waals surface area (Å²) in [4.78, 5) is 16.3. The summed E-state index contributed by atoms with van der Waals surface area (Å²) >= 11 is 0. The lowest BCUT2D eigenvalue weighted by Crippen LogP contribution is -2.33. The van der Waals surface area contributed by atoms with Crippen molar-refractivity contribution in [2.45, 2.75) is 24.9 Å². The Balaban J connectivity index is 2.30. The highest BCUT2D eigenvalue weighted by atomic mass is 19.4. The van der Waals surface area contributed by atoms with Gasteiger partial charge in [-0.05, 0) is 6.07 Å². The second-order valence-electron chi connectivity index (χ2n) is 5.13. The second-order valence-corrected chi connectivity index (χ2v) is 5.13. The Labute approximate surface area is 132 Å². The molecule has 0 radical (unpaired) electrons. The van der Waals surface area contributed by atoms with E-state index in [1.54, 1.807) is 0 Å². The largest absolute Gasteiger partial charge is 0.417 e. The Bertz CT molecular complexity index is 617. The van der Waals surface area contributed by atoms with E-state index < -0.39 is 41.9 Å². The molecule has 0 saturated carbocycles. The number of rotatable bonds is 2. The highest BCUT2D eigenvalue weighted by Crippen LogP contribution is 2.32. The first-order valence-electron chi connectivity index (χ1n) is 6.80. The lowest BCUT2D eigenvalue weighted by Gasteiger charge is -2.23. The number of carbonyl (C=O) groups excluding carboxylic acids is 1. The predicted octanol–water partition coefficient (Wildman–Crippen LogP) is 2.36. The Morgan fingerprint density at radius 2 is 1.92 bits per heavy atom. The number of nitrogens with two attached hydrogens (primary N) is 1. The van der Waals surface area contributed by atoms with E-state index in [1.165, 1.54) is 4.90 Å². The number of nitrogens with zero attached hydrogens (tertiary/aromatic N) is 2. The third-order valence-corrected chi connectivity index (χ3v) is 3.47. The van der Waals surface area contributed by atoms with Crippen molar-refractivity contribution in [2.24, 2.45) is 5.73 Å². The summed E-state index contributed by atoms with van der Waals surface area (Å²) in [6.07, 6.45) is -11.2. The van der Waals surface area contributed by atoms with Crippen molar-refractivity contribution in [3.63, 3.8) is 0 Å². The molecule has 1 saturated heterocycles. The molecule has 1 aliphatic heterocycles. The summed E-state index contributed by atoms with van der Waals surface area (Å²) in [5.74, 6) is -1.34. The van der Waals surface area contributed by atoms with Crippen molar-refractivity contribution in [2.75, 3.05) is 24.6 Å². The molecule has 11 heteroatoms. The Hall–Kier alpha value is -2.04. The number of ether oxygens (including phenoxy) is 1. The van der Waals surface area contributed by atoms with Gasteiger partial charge in [0.25, 0.3) is 5.91 Å². The van der Waals surface area contributed by atoms with Crippen LogP contribution in [0.5, 0.6) is 0 Å². The first-order valence-corrected chi connectivity index (χ1v) is 6.80. The summed E-state index contributed by atoms with van der Waals surface area (Å²) in [6.45, 7) is -0.570. The molecular weight excluding hydrogens is 344 g/mol. The zero-order chi connectivity index (χ0) is 18.1. The molecule has 24 heavy (non-hydrogen) atoms. The van der Waals surface area contributed by atoms with Gasteiger partial charge in [-0.1, -0.05) is 0 Å². The number of amides is 1. The summed E-state index contributed by atoms with van der Waals surface area (Å²) in [5.41, 5.74) is 3.41. The fraction of sp³-hybridized carbons (Fsp3) is 0.538. The summed E-state index contributed by atoms with van der Waals surface area (Å²) in [6, 6.07) is 0.539. The molecule has 134 valence electrons. The molecule has 1 unspecified atom stereocenters. The van der Waals surface area contributed by atoms with Crippen LogP contribution in [0.1, 0.15) is 22.3 Å². The van der Waals surface area contributed by atoms with E-state index in [-0.39, 0.29) is 25.5 Å². The van der Waals surface area contributed by atoms with E-state index >= 15 is 0 Å². The van der Waals surface area contributed by atoms with Crippen LogP contribution in [0.3, 0.4) is 0 Å². The van der Waals surface area contributed by atoms with Gasteiger partial charge in [-0.25, -0.2) is 4.98 Å². The molecule has 1 aromatic rings. The smallest absolute Gasteiger partial charge is 0.367 e. The van der Waals surface area contributed by atoms with Crippen molar-refractivity contribution in [3.8, 4) is 0 Å². The van der Waals surface area contributed by atoms with Gasteiger partial charge in [0.1, 0.15) is 5.82 Å². The van der Waals surface area contributed by atoms with Crippen molar-refractivity contribution in [3.05, 3.63) is 23.4 Å². The highest BCUT2D eigenvalue weighted by molar-refractivity contribution is 5.98. The summed E-state index contributed by atoms with van der Waals surface area (Å²) in [5, 5.41) is 0. The van der Waals surface area contributed by atoms with Crippen molar-refractivity contribution in [1.29, 1.82) is 0 Å². The van der Waals surface area contributed by atoms with Crippen molar-refractivity contribution >= 4 is 11.7 Å². The standard InChI is InChI=1S/C13H13F6N3O2/c14-12(15,16)7-5-8(10(20)23)11(21-6-7)22-2-1-9(13(17,18)19)24-4-3-22/h5-6,9H,1-4H2,(H2,20,23). The first-order chi connectivity index (χ1) is 11.0. The van der Waals surface area contributed by atoms with E-state index in [0.717, 1.165) is 0 Å². The molecule has 1 fully saturated rings. The molecule has 1 aliphatic rings. The number of aromatic nitrogens is 1. The summed E-state index contributed by atoms with van der Waals surface area (Å²) < 4.78 is 80.9. The third-order valence-electron chi connectivity index (χ3n) is 3.47. The minimum absolute atomic E-state index is 0.0643. The fourth-order valence-electron chi connectivity index (χ4n) is 2.29. The Morgan fingerprint density at radius 3 is 2.46 bits per heavy atom. The molecule has 0 spiro atoms. The van der Waals surface area contributed by atoms with Crippen LogP contribution in [0.15, 0.2) is 12.3 Å². The van der Waals surface area contributed by atoms with Gasteiger partial charge in [-0.3, -0.25) is 4.79 Å². The number of primary amides is 1. The van der Waals surface area contributed by atoms with Crippen LogP contribution < -0.4 is 10.6 Å². The average Bonchev–Trinajstić information content (AvgIpc) is 2.71. The van der Waals surface area contributed by atoms with Gasteiger partial charge < -0.3 is 15.4 Å². The zero-order valence-electron chi connectivity index (χ0n) is 12.1. The first kappa shape index (κ1) is 18.3. The molecule has 2 rings (SSSR count). The predicted molar refractivity (Wildman–Crippen MR) is 70.4 cm³/mol. The van der Waals surface area contributed by atoms with E-state index in [2.05, 4.69) is 4.98 Å². The van der Waals surface area contributed by atoms with Gasteiger partial charge in [-0.2, -0.15) is 26.3 Å². The third kappa shape index (κ3) is 4.08. The van der Waals surface area contributed by atoms with Gasteiger partial charge in [0.2, 0.25) is 0 Å². The van der Waals surface area contributed by atoms with Crippen LogP contribution in [0.4, 0.5) is 32.2 Å². The molecule has 1 amide bonds. The molecule has 1 aromatic heterocycles. The van der Waals surface area contributed by atoms with Crippen LogP contribution in [0.25, 0.3) is 0 Å². The topological polar surface area (TPSA) is 68.5 Å². The van der Waals surface area contributed by atoms with Crippen molar-refractivity contribution < 1.29 is 35.9 Å². The minimum Gasteiger partial charge on any atom is -0.367 e. The number of alkyl halides is 6. The highest BCUT2D eigenvalue weighted by Gasteiger charge is 2.42. The molecule has 0 bridgehead atoms. The summed E-state index contributed by atoms with van der Waals surface area (Å²) in [7, 11) is 0. The monoisotopic (exact) mass is 357 g/mol. The van der Waals surface area contributed by atoms with Gasteiger partial charge in [0.05, 0.1) is 17.7 Å². The van der Waals surface area contributed by atoms with E-state index in [4.69, 9.17) is 10.5 Å². The van der Waals surface area contributed by atoms with E-state index in [1.807, 2.05) is 0 Å². The van der Waals surface area contributed by atoms with Crippen LogP contribution in [0, 0.1) is 0 Å². The molecule has 2 heterocycles. The van der Waals surface area contributed by atoms with Crippen molar-refractivity contribution in [1.82, 2.24) is 4.98 Å². The van der Waals surface area contributed by atoms with Crippen LogP contribution in [0.2, 0.25) is 0 Å². The molecule has 1 atom stereocenters. The maximum absolute atomic E-state index is 12.7. The SMILES string of the molecule is NC(=O)c1cc(C(F)(F)F)cnc1N1CCOC(C(F)(F)F)CC1. The van der Waals surface area contributed by atoms with Gasteiger partial charge in [0, 0.05) is 25.7 Å². The van der Waals surface area contributed by atoms with Gasteiger partial charge >= 0.3 is 12.4 Å². The number of hydrogen-bond acceptors (Lipinski definition) is 4. The van der Waals surface area contributed by atoms with Gasteiger partial charge in [-0.15, -0.1) is 0 Å². The van der Waals surface area contributed by atoms with Crippen LogP contribution in [-0.4, -0.2) is 42.9 Å². The maximum Gasteiger partial charge on any atom is 0.417 e. The molecule has 2 N–H and O–H groups in total. The average molecular weight is 357 g/mol. The second kappa shape index (κ2) is 6.46. The minimum atomic E-state index is -4.72. The number of halogens is 6. The van der Waals surface area contributed by atoms with Gasteiger partial charge in [0.15, 0.2) is 6.10 Å². The number of hydrogen-bond donors (Lipinski definition) is 1. The Morgan fingerprint density at radius 1 is 1.25 bits per heavy atom. The van der Waals surface area contributed by atoms with Crippen LogP contribution in [-0.2, 0) is 10.9 Å². The Kier molecular flexibility index (Phi) is 4.92. The molecule has 0 aliphatic carbocycles. The number of pyridine rings is 1. The molecule has 5 nitrogen and oxygen atoms in total. The quantitative estimate of drug-likeness (QED) is 0.825. The van der Waals surface area contributed by atoms with E-state index in [9.17, 15) is 31.1 Å². The fourth-order valence-corrected chi connectivity index (χ4v) is 2.29.